The van der Waals surface area contributed by atoms with Gasteiger partial charge in [0.15, 0.2) is 0 Å². The summed E-state index contributed by atoms with van der Waals surface area (Å²) in [4.78, 5) is 25.3. The molecule has 2 aliphatic heterocycles. The molecule has 2 unspecified atom stereocenters. The third kappa shape index (κ3) is 2.42. The Labute approximate surface area is 120 Å². The normalized spacial score (nSPS) is 27.1. The van der Waals surface area contributed by atoms with Gasteiger partial charge in [-0.05, 0) is 38.8 Å². The number of likely N-dealkylation sites (N-methyl/N-ethyl adjacent to an activating group) is 1. The first-order valence-electron chi connectivity index (χ1n) is 7.62. The average Bonchev–Trinajstić information content (AvgIpc) is 3.15. The van der Waals surface area contributed by atoms with Crippen LogP contribution < -0.4 is 0 Å². The first-order valence-corrected chi connectivity index (χ1v) is 7.62. The van der Waals surface area contributed by atoms with E-state index in [1.54, 1.807) is 18.6 Å². The maximum atomic E-state index is 12.6. The molecule has 108 valence electrons. The number of amides is 1. The molecule has 0 aliphatic carbocycles. The molecule has 1 aromatic heterocycles. The Bertz CT molecular complexity index is 464. The van der Waals surface area contributed by atoms with Gasteiger partial charge in [-0.2, -0.15) is 0 Å². The molecule has 1 aromatic rings. The zero-order valence-electron chi connectivity index (χ0n) is 12.0. The summed E-state index contributed by atoms with van der Waals surface area (Å²) in [5, 5.41) is 0. The van der Waals surface area contributed by atoms with Gasteiger partial charge in [0.1, 0.15) is 5.69 Å². The topological polar surface area (TPSA) is 49.3 Å². The standard InChI is InChI=1S/C15H22N4O/c1-2-18-9-3-5-13(18)14-6-4-10-19(14)15(20)12-11-16-7-8-17-12/h7-8,11,13-14H,2-6,9-10H2,1H3. The molecule has 0 N–H and O–H groups in total. The molecule has 1 amide bonds. The van der Waals surface area contributed by atoms with Crippen LogP contribution in [-0.2, 0) is 0 Å². The third-order valence-electron chi connectivity index (χ3n) is 4.61. The van der Waals surface area contributed by atoms with E-state index >= 15 is 0 Å². The van der Waals surface area contributed by atoms with Crippen LogP contribution in [0, 0.1) is 0 Å². The fraction of sp³-hybridized carbons (Fsp3) is 0.667. The van der Waals surface area contributed by atoms with Crippen LogP contribution in [0.25, 0.3) is 0 Å². The summed E-state index contributed by atoms with van der Waals surface area (Å²) in [5.74, 6) is 0.0450. The second-order valence-corrected chi connectivity index (χ2v) is 5.64. The van der Waals surface area contributed by atoms with Gasteiger partial charge in [0, 0.05) is 31.0 Å². The number of likely N-dealkylation sites (tertiary alicyclic amines) is 2. The number of rotatable bonds is 3. The molecule has 3 heterocycles. The van der Waals surface area contributed by atoms with Gasteiger partial charge in [0.05, 0.1) is 6.20 Å². The van der Waals surface area contributed by atoms with Gasteiger partial charge < -0.3 is 4.90 Å². The first-order chi connectivity index (χ1) is 9.81. The molecule has 3 rings (SSSR count). The summed E-state index contributed by atoms with van der Waals surface area (Å²) in [6, 6.07) is 0.884. The van der Waals surface area contributed by atoms with Crippen LogP contribution >= 0.6 is 0 Å². The Morgan fingerprint density at radius 1 is 1.25 bits per heavy atom. The number of hydrogen-bond acceptors (Lipinski definition) is 4. The zero-order chi connectivity index (χ0) is 13.9. The lowest BCUT2D eigenvalue weighted by atomic mass is 10.0. The quantitative estimate of drug-likeness (QED) is 0.839. The molecule has 0 aromatic carbocycles. The Hall–Kier alpha value is -1.49. The van der Waals surface area contributed by atoms with E-state index in [1.165, 1.54) is 19.4 Å². The van der Waals surface area contributed by atoms with Gasteiger partial charge in [0.25, 0.3) is 5.91 Å². The van der Waals surface area contributed by atoms with Crippen molar-refractivity contribution < 1.29 is 4.79 Å². The van der Waals surface area contributed by atoms with Gasteiger partial charge >= 0.3 is 0 Å². The van der Waals surface area contributed by atoms with Crippen molar-refractivity contribution in [2.45, 2.75) is 44.7 Å². The molecule has 2 fully saturated rings. The SMILES string of the molecule is CCN1CCCC1C1CCCN1C(=O)c1cnccn1. The highest BCUT2D eigenvalue weighted by atomic mass is 16.2. The minimum Gasteiger partial charge on any atom is -0.333 e. The third-order valence-corrected chi connectivity index (χ3v) is 4.61. The lowest BCUT2D eigenvalue weighted by Gasteiger charge is -2.34. The molecule has 0 saturated carbocycles. The zero-order valence-corrected chi connectivity index (χ0v) is 12.0. The number of carbonyl (C=O) groups is 1. The Balaban J connectivity index is 1.77. The maximum Gasteiger partial charge on any atom is 0.274 e. The summed E-state index contributed by atoms with van der Waals surface area (Å²) in [6.07, 6.45) is 9.45. The smallest absolute Gasteiger partial charge is 0.274 e. The number of aromatic nitrogens is 2. The monoisotopic (exact) mass is 274 g/mol. The summed E-state index contributed by atoms with van der Waals surface area (Å²) in [7, 11) is 0. The fourth-order valence-electron chi connectivity index (χ4n) is 3.68. The van der Waals surface area contributed by atoms with Crippen molar-refractivity contribution in [2.24, 2.45) is 0 Å². The Morgan fingerprint density at radius 2 is 2.05 bits per heavy atom. The first kappa shape index (κ1) is 13.5. The van der Waals surface area contributed by atoms with Crippen molar-refractivity contribution in [3.63, 3.8) is 0 Å². The molecule has 2 atom stereocenters. The molecule has 5 nitrogen and oxygen atoms in total. The van der Waals surface area contributed by atoms with E-state index < -0.39 is 0 Å². The summed E-state index contributed by atoms with van der Waals surface area (Å²) < 4.78 is 0. The van der Waals surface area contributed by atoms with E-state index in [2.05, 4.69) is 21.8 Å². The van der Waals surface area contributed by atoms with Crippen molar-refractivity contribution in [1.82, 2.24) is 19.8 Å². The lowest BCUT2D eigenvalue weighted by Crippen LogP contribution is -2.48. The fourth-order valence-corrected chi connectivity index (χ4v) is 3.68. The van der Waals surface area contributed by atoms with Gasteiger partial charge in [-0.15, -0.1) is 0 Å². The van der Waals surface area contributed by atoms with Crippen LogP contribution in [0.2, 0.25) is 0 Å². The van der Waals surface area contributed by atoms with Crippen LogP contribution in [0.4, 0.5) is 0 Å². The van der Waals surface area contributed by atoms with Gasteiger partial charge in [0.2, 0.25) is 0 Å². The van der Waals surface area contributed by atoms with Crippen molar-refractivity contribution in [3.8, 4) is 0 Å². The number of carbonyl (C=O) groups excluding carboxylic acids is 1. The highest BCUT2D eigenvalue weighted by molar-refractivity contribution is 5.92. The Kier molecular flexibility index (Phi) is 3.96. The minimum atomic E-state index is 0.0450. The summed E-state index contributed by atoms with van der Waals surface area (Å²) in [6.45, 7) is 5.31. The van der Waals surface area contributed by atoms with Gasteiger partial charge in [-0.3, -0.25) is 14.7 Å². The molecule has 2 saturated heterocycles. The van der Waals surface area contributed by atoms with Gasteiger partial charge in [-0.1, -0.05) is 6.92 Å². The van der Waals surface area contributed by atoms with Crippen molar-refractivity contribution in [2.75, 3.05) is 19.6 Å². The highest BCUT2D eigenvalue weighted by Crippen LogP contribution is 2.30. The second kappa shape index (κ2) is 5.87. The van der Waals surface area contributed by atoms with Crippen molar-refractivity contribution in [1.29, 1.82) is 0 Å². The van der Waals surface area contributed by atoms with Gasteiger partial charge in [-0.25, -0.2) is 4.98 Å². The van der Waals surface area contributed by atoms with Crippen LogP contribution in [0.15, 0.2) is 18.6 Å². The number of hydrogen-bond donors (Lipinski definition) is 0. The molecule has 0 spiro atoms. The lowest BCUT2D eigenvalue weighted by molar-refractivity contribution is 0.0643. The predicted molar refractivity (Wildman–Crippen MR) is 76.4 cm³/mol. The largest absolute Gasteiger partial charge is 0.333 e. The Morgan fingerprint density at radius 3 is 2.80 bits per heavy atom. The van der Waals surface area contributed by atoms with Crippen LogP contribution in [0.3, 0.4) is 0 Å². The molecule has 2 aliphatic rings. The van der Waals surface area contributed by atoms with E-state index in [1.807, 2.05) is 4.90 Å². The summed E-state index contributed by atoms with van der Waals surface area (Å²) >= 11 is 0. The van der Waals surface area contributed by atoms with Crippen LogP contribution in [0.5, 0.6) is 0 Å². The van der Waals surface area contributed by atoms with E-state index in [4.69, 9.17) is 0 Å². The predicted octanol–water partition coefficient (Wildman–Crippen LogP) is 1.57. The molecule has 20 heavy (non-hydrogen) atoms. The van der Waals surface area contributed by atoms with Crippen molar-refractivity contribution in [3.05, 3.63) is 24.3 Å². The van der Waals surface area contributed by atoms with Crippen LogP contribution in [-0.4, -0.2) is 57.4 Å². The van der Waals surface area contributed by atoms with E-state index in [-0.39, 0.29) is 5.91 Å². The molecule has 0 radical (unpaired) electrons. The van der Waals surface area contributed by atoms with E-state index in [0.717, 1.165) is 25.9 Å². The summed E-state index contributed by atoms with van der Waals surface area (Å²) in [5.41, 5.74) is 0.473. The molecule has 5 heteroatoms. The van der Waals surface area contributed by atoms with E-state index in [9.17, 15) is 4.79 Å². The molecular weight excluding hydrogens is 252 g/mol. The maximum absolute atomic E-state index is 12.6. The van der Waals surface area contributed by atoms with E-state index in [0.29, 0.717) is 17.8 Å². The highest BCUT2D eigenvalue weighted by Gasteiger charge is 2.39. The number of nitrogens with zero attached hydrogens (tertiary/aromatic N) is 4. The van der Waals surface area contributed by atoms with Crippen molar-refractivity contribution >= 4 is 5.91 Å². The average molecular weight is 274 g/mol. The molecular formula is C15H22N4O. The second-order valence-electron chi connectivity index (χ2n) is 5.64. The van der Waals surface area contributed by atoms with Crippen LogP contribution in [0.1, 0.15) is 43.1 Å². The molecule has 0 bridgehead atoms. The minimum absolute atomic E-state index is 0.0450.